The number of aryl methyl sites for hydroxylation is 1. The maximum atomic E-state index is 4.04. The van der Waals surface area contributed by atoms with Gasteiger partial charge in [0, 0.05) is 16.6 Å². The molecule has 0 aliphatic rings. The lowest BCUT2D eigenvalue weighted by Crippen LogP contribution is -1.96. The smallest absolute Gasteiger partial charge is 0.0541 e. The van der Waals surface area contributed by atoms with Crippen LogP contribution in [0.1, 0.15) is 30.7 Å². The molecule has 1 heteroatoms. The second-order valence-electron chi connectivity index (χ2n) is 5.38. The molecule has 0 aliphatic carbocycles. The summed E-state index contributed by atoms with van der Waals surface area (Å²) >= 11 is 0. The highest BCUT2D eigenvalue weighted by Crippen LogP contribution is 2.32. The van der Waals surface area contributed by atoms with E-state index in [0.29, 0.717) is 0 Å². The van der Waals surface area contributed by atoms with Crippen LogP contribution in [0.25, 0.3) is 28.7 Å². The van der Waals surface area contributed by atoms with Crippen LogP contribution in [0.2, 0.25) is 0 Å². The Morgan fingerprint density at radius 1 is 1.09 bits per heavy atom. The van der Waals surface area contributed by atoms with Gasteiger partial charge >= 0.3 is 0 Å². The number of allylic oxidation sites excluding steroid dienone is 1. The van der Waals surface area contributed by atoms with E-state index in [0.717, 1.165) is 12.1 Å². The molecule has 0 aliphatic heterocycles. The van der Waals surface area contributed by atoms with Gasteiger partial charge in [-0.05, 0) is 49.2 Å². The molecule has 0 saturated carbocycles. The Hall–Kier alpha value is -2.54. The summed E-state index contributed by atoms with van der Waals surface area (Å²) in [5, 5.41) is 1.29. The Bertz CT molecular complexity index is 835. The minimum Gasteiger partial charge on any atom is -0.309 e. The molecule has 22 heavy (non-hydrogen) atoms. The van der Waals surface area contributed by atoms with Gasteiger partial charge in [-0.2, -0.15) is 0 Å². The van der Waals surface area contributed by atoms with Crippen molar-refractivity contribution in [1.29, 1.82) is 0 Å². The zero-order valence-corrected chi connectivity index (χ0v) is 13.2. The SMILES string of the molecule is C=Cc1c(/C=C\C)c2cc(CC)ccc2n1-c1ccccc1. The molecule has 0 atom stereocenters. The molecular weight excluding hydrogens is 266 g/mol. The van der Waals surface area contributed by atoms with Gasteiger partial charge in [0.2, 0.25) is 0 Å². The first-order valence-electron chi connectivity index (χ1n) is 7.78. The molecule has 0 spiro atoms. The van der Waals surface area contributed by atoms with Crippen molar-refractivity contribution in [1.82, 2.24) is 4.57 Å². The van der Waals surface area contributed by atoms with E-state index in [4.69, 9.17) is 0 Å². The lowest BCUT2D eigenvalue weighted by Gasteiger charge is -2.09. The highest BCUT2D eigenvalue weighted by molar-refractivity contribution is 5.95. The summed E-state index contributed by atoms with van der Waals surface area (Å²) in [7, 11) is 0. The van der Waals surface area contributed by atoms with Crippen molar-refractivity contribution in [2.75, 3.05) is 0 Å². The van der Waals surface area contributed by atoms with Crippen LogP contribution < -0.4 is 0 Å². The van der Waals surface area contributed by atoms with Crippen LogP contribution in [-0.4, -0.2) is 4.57 Å². The summed E-state index contributed by atoms with van der Waals surface area (Å²) in [4.78, 5) is 0. The Kier molecular flexibility index (Phi) is 3.97. The van der Waals surface area contributed by atoms with E-state index >= 15 is 0 Å². The molecule has 110 valence electrons. The monoisotopic (exact) mass is 287 g/mol. The number of hydrogen-bond donors (Lipinski definition) is 0. The second-order valence-corrected chi connectivity index (χ2v) is 5.38. The molecule has 1 nitrogen and oxygen atoms in total. The molecule has 0 bridgehead atoms. The molecule has 0 N–H and O–H groups in total. The summed E-state index contributed by atoms with van der Waals surface area (Å²) in [6, 6.07) is 17.2. The maximum absolute atomic E-state index is 4.04. The minimum atomic E-state index is 1.05. The minimum absolute atomic E-state index is 1.05. The normalized spacial score (nSPS) is 11.4. The molecule has 2 aromatic carbocycles. The van der Waals surface area contributed by atoms with Crippen molar-refractivity contribution in [3.63, 3.8) is 0 Å². The predicted molar refractivity (Wildman–Crippen MR) is 97.5 cm³/mol. The Morgan fingerprint density at radius 3 is 2.50 bits per heavy atom. The van der Waals surface area contributed by atoms with Gasteiger partial charge in [-0.1, -0.05) is 49.9 Å². The lowest BCUT2D eigenvalue weighted by molar-refractivity contribution is 1.10. The molecule has 1 aromatic heterocycles. The van der Waals surface area contributed by atoms with Gasteiger partial charge in [-0.25, -0.2) is 0 Å². The third-order valence-electron chi connectivity index (χ3n) is 4.06. The van der Waals surface area contributed by atoms with E-state index < -0.39 is 0 Å². The van der Waals surface area contributed by atoms with Crippen LogP contribution in [0.3, 0.4) is 0 Å². The molecule has 3 aromatic rings. The first-order valence-corrected chi connectivity index (χ1v) is 7.78. The van der Waals surface area contributed by atoms with Crippen molar-refractivity contribution in [3.8, 4) is 5.69 Å². The standard InChI is InChI=1S/C21H21N/c1-4-10-18-19-15-16(5-2)13-14-21(19)22(20(18)6-3)17-11-8-7-9-12-17/h4,6-15H,3,5H2,1-2H3/b10-4-. The van der Waals surface area contributed by atoms with Crippen LogP contribution in [0, 0.1) is 0 Å². The summed E-state index contributed by atoms with van der Waals surface area (Å²) in [5.74, 6) is 0. The van der Waals surface area contributed by atoms with Crippen molar-refractivity contribution < 1.29 is 0 Å². The van der Waals surface area contributed by atoms with E-state index in [-0.39, 0.29) is 0 Å². The van der Waals surface area contributed by atoms with Crippen molar-refractivity contribution in [3.05, 3.63) is 78.0 Å². The van der Waals surface area contributed by atoms with E-state index in [1.807, 2.05) is 12.1 Å². The van der Waals surface area contributed by atoms with E-state index in [1.54, 1.807) is 0 Å². The summed E-state index contributed by atoms with van der Waals surface area (Å²) < 4.78 is 2.29. The number of nitrogens with zero attached hydrogens (tertiary/aromatic N) is 1. The van der Waals surface area contributed by atoms with Gasteiger partial charge in [-0.3, -0.25) is 0 Å². The predicted octanol–water partition coefficient (Wildman–Crippen LogP) is 5.87. The highest BCUT2D eigenvalue weighted by atomic mass is 15.0. The third kappa shape index (κ3) is 2.29. The first-order chi connectivity index (χ1) is 10.8. The van der Waals surface area contributed by atoms with Crippen LogP contribution in [-0.2, 0) is 6.42 Å². The number of hydrogen-bond acceptors (Lipinski definition) is 0. The fourth-order valence-corrected chi connectivity index (χ4v) is 3.00. The molecule has 1 heterocycles. The van der Waals surface area contributed by atoms with Crippen molar-refractivity contribution >= 4 is 23.1 Å². The fraction of sp³-hybridized carbons (Fsp3) is 0.143. The third-order valence-corrected chi connectivity index (χ3v) is 4.06. The highest BCUT2D eigenvalue weighted by Gasteiger charge is 2.14. The number of fused-ring (bicyclic) bond motifs is 1. The average molecular weight is 287 g/mol. The largest absolute Gasteiger partial charge is 0.309 e. The summed E-state index contributed by atoms with van der Waals surface area (Å²) in [6.07, 6.45) is 7.27. The molecular formula is C21H21N. The zero-order chi connectivity index (χ0) is 15.5. The summed E-state index contributed by atoms with van der Waals surface area (Å²) in [6.45, 7) is 8.29. The fourth-order valence-electron chi connectivity index (χ4n) is 3.00. The second kappa shape index (κ2) is 6.07. The quantitative estimate of drug-likeness (QED) is 0.565. The molecule has 0 saturated heterocycles. The zero-order valence-electron chi connectivity index (χ0n) is 13.2. The van der Waals surface area contributed by atoms with Crippen LogP contribution >= 0.6 is 0 Å². The van der Waals surface area contributed by atoms with Crippen molar-refractivity contribution in [2.45, 2.75) is 20.3 Å². The number of aromatic nitrogens is 1. The van der Waals surface area contributed by atoms with Crippen LogP contribution in [0.15, 0.2) is 61.2 Å². The molecule has 3 rings (SSSR count). The first kappa shape index (κ1) is 14.4. The van der Waals surface area contributed by atoms with E-state index in [9.17, 15) is 0 Å². The molecule has 0 radical (unpaired) electrons. The molecule has 0 fully saturated rings. The van der Waals surface area contributed by atoms with Gasteiger partial charge in [0.1, 0.15) is 0 Å². The Balaban J connectivity index is 2.43. The number of para-hydroxylation sites is 1. The number of rotatable bonds is 4. The van der Waals surface area contributed by atoms with Gasteiger partial charge in [-0.15, -0.1) is 0 Å². The average Bonchev–Trinajstić information content (AvgIpc) is 2.89. The number of benzene rings is 2. The van der Waals surface area contributed by atoms with Crippen molar-refractivity contribution in [2.24, 2.45) is 0 Å². The maximum Gasteiger partial charge on any atom is 0.0541 e. The molecule has 0 unspecified atom stereocenters. The van der Waals surface area contributed by atoms with Gasteiger partial charge in [0.15, 0.2) is 0 Å². The van der Waals surface area contributed by atoms with E-state index in [2.05, 4.69) is 79.6 Å². The molecule has 0 amide bonds. The van der Waals surface area contributed by atoms with E-state index in [1.165, 1.54) is 27.7 Å². The van der Waals surface area contributed by atoms with Crippen LogP contribution in [0.5, 0.6) is 0 Å². The van der Waals surface area contributed by atoms with Gasteiger partial charge in [0.05, 0.1) is 11.2 Å². The topological polar surface area (TPSA) is 4.93 Å². The van der Waals surface area contributed by atoms with Crippen LogP contribution in [0.4, 0.5) is 0 Å². The van der Waals surface area contributed by atoms with Gasteiger partial charge in [0.25, 0.3) is 0 Å². The Labute approximate surface area is 132 Å². The lowest BCUT2D eigenvalue weighted by atomic mass is 10.1. The van der Waals surface area contributed by atoms with Gasteiger partial charge < -0.3 is 4.57 Å². The Morgan fingerprint density at radius 2 is 1.86 bits per heavy atom. The summed E-state index contributed by atoms with van der Waals surface area (Å²) in [5.41, 5.74) is 6.15.